The number of aryl methyl sites for hydroxylation is 1. The molecule has 0 aliphatic heterocycles. The summed E-state index contributed by atoms with van der Waals surface area (Å²) in [4.78, 5) is 11.0. The largest absolute Gasteiger partial charge is 0.496 e. The molecule has 0 spiro atoms. The predicted octanol–water partition coefficient (Wildman–Crippen LogP) is 2.11. The summed E-state index contributed by atoms with van der Waals surface area (Å²) < 4.78 is 10.2. The van der Waals surface area contributed by atoms with Crippen molar-refractivity contribution in [3.63, 3.8) is 0 Å². The van der Waals surface area contributed by atoms with Gasteiger partial charge >= 0.3 is 5.63 Å². The first-order valence-corrected chi connectivity index (χ1v) is 4.29. The first kappa shape index (κ1) is 8.81. The van der Waals surface area contributed by atoms with Crippen LogP contribution in [-0.2, 0) is 0 Å². The lowest BCUT2D eigenvalue weighted by molar-refractivity contribution is 0.418. The summed E-state index contributed by atoms with van der Waals surface area (Å²) in [6, 6.07) is 6.82. The van der Waals surface area contributed by atoms with E-state index in [1.807, 2.05) is 19.1 Å². The van der Waals surface area contributed by atoms with Crippen LogP contribution in [0.1, 0.15) is 5.56 Å². The third-order valence-corrected chi connectivity index (χ3v) is 2.06. The molecule has 0 unspecified atom stereocenters. The van der Waals surface area contributed by atoms with Gasteiger partial charge in [-0.05, 0) is 30.7 Å². The summed E-state index contributed by atoms with van der Waals surface area (Å²) in [6.45, 7) is 1.93. The molecular weight excluding hydrogens is 180 g/mol. The van der Waals surface area contributed by atoms with E-state index in [1.54, 1.807) is 13.2 Å². The molecule has 3 nitrogen and oxygen atoms in total. The van der Waals surface area contributed by atoms with Crippen molar-refractivity contribution in [2.45, 2.75) is 6.92 Å². The third-order valence-electron chi connectivity index (χ3n) is 2.06. The van der Waals surface area contributed by atoms with E-state index in [4.69, 9.17) is 9.15 Å². The van der Waals surface area contributed by atoms with Crippen molar-refractivity contribution >= 4 is 11.0 Å². The molecule has 0 amide bonds. The maximum Gasteiger partial charge on any atom is 0.336 e. The first-order chi connectivity index (χ1) is 6.70. The van der Waals surface area contributed by atoms with E-state index < -0.39 is 0 Å². The number of rotatable bonds is 1. The zero-order chi connectivity index (χ0) is 10.1. The maximum absolute atomic E-state index is 11.0. The average molecular weight is 190 g/mol. The van der Waals surface area contributed by atoms with E-state index in [0.29, 0.717) is 5.58 Å². The van der Waals surface area contributed by atoms with E-state index in [9.17, 15) is 4.79 Å². The highest BCUT2D eigenvalue weighted by molar-refractivity contribution is 5.84. The predicted molar refractivity (Wildman–Crippen MR) is 53.8 cm³/mol. The van der Waals surface area contributed by atoms with E-state index in [-0.39, 0.29) is 5.63 Å². The Morgan fingerprint density at radius 2 is 2.07 bits per heavy atom. The Labute approximate surface area is 80.9 Å². The van der Waals surface area contributed by atoms with Gasteiger partial charge in [0.25, 0.3) is 0 Å². The Kier molecular flexibility index (Phi) is 2.00. The highest BCUT2D eigenvalue weighted by Crippen LogP contribution is 2.25. The Bertz CT molecular complexity index is 526. The van der Waals surface area contributed by atoms with Crippen molar-refractivity contribution in [1.29, 1.82) is 0 Å². The van der Waals surface area contributed by atoms with Gasteiger partial charge in [0.15, 0.2) is 0 Å². The van der Waals surface area contributed by atoms with Gasteiger partial charge < -0.3 is 9.15 Å². The number of fused-ring (bicyclic) bond motifs is 1. The standard InChI is InChI=1S/C11H10O3/c1-7-5-9(13-2)8-3-4-11(12)14-10(8)6-7/h3-6H,1-2H3. The number of methoxy groups -OCH3 is 1. The molecule has 1 aromatic carbocycles. The lowest BCUT2D eigenvalue weighted by atomic mass is 10.1. The van der Waals surface area contributed by atoms with E-state index in [0.717, 1.165) is 16.7 Å². The summed E-state index contributed by atoms with van der Waals surface area (Å²) >= 11 is 0. The second-order valence-electron chi connectivity index (χ2n) is 3.13. The molecule has 0 N–H and O–H groups in total. The molecular formula is C11H10O3. The molecule has 0 bridgehead atoms. The Hall–Kier alpha value is -1.77. The summed E-state index contributed by atoms with van der Waals surface area (Å²) in [7, 11) is 1.60. The van der Waals surface area contributed by atoms with Crippen LogP contribution in [0, 0.1) is 6.92 Å². The Morgan fingerprint density at radius 3 is 2.79 bits per heavy atom. The van der Waals surface area contributed by atoms with Crippen molar-refractivity contribution in [3.05, 3.63) is 40.2 Å². The molecule has 0 saturated heterocycles. The lowest BCUT2D eigenvalue weighted by Crippen LogP contribution is -1.96. The Balaban J connectivity index is 2.87. The third kappa shape index (κ3) is 1.37. The van der Waals surface area contributed by atoms with Crippen molar-refractivity contribution in [2.75, 3.05) is 7.11 Å². The summed E-state index contributed by atoms with van der Waals surface area (Å²) in [5.74, 6) is 0.726. The van der Waals surface area contributed by atoms with Gasteiger partial charge in [-0.2, -0.15) is 0 Å². The van der Waals surface area contributed by atoms with Crippen LogP contribution in [-0.4, -0.2) is 7.11 Å². The van der Waals surface area contributed by atoms with Crippen LogP contribution in [0.5, 0.6) is 5.75 Å². The molecule has 2 aromatic rings. The highest BCUT2D eigenvalue weighted by Gasteiger charge is 2.04. The van der Waals surface area contributed by atoms with Crippen molar-refractivity contribution in [3.8, 4) is 5.75 Å². The SMILES string of the molecule is COc1cc(C)cc2oc(=O)ccc12. The van der Waals surface area contributed by atoms with E-state index in [2.05, 4.69) is 0 Å². The number of hydrogen-bond donors (Lipinski definition) is 0. The van der Waals surface area contributed by atoms with Crippen LogP contribution in [0.25, 0.3) is 11.0 Å². The van der Waals surface area contributed by atoms with Crippen LogP contribution < -0.4 is 10.4 Å². The van der Waals surface area contributed by atoms with Gasteiger partial charge in [0.1, 0.15) is 11.3 Å². The smallest absolute Gasteiger partial charge is 0.336 e. The van der Waals surface area contributed by atoms with Gasteiger partial charge in [-0.1, -0.05) is 0 Å². The quantitative estimate of drug-likeness (QED) is 0.646. The van der Waals surface area contributed by atoms with Crippen LogP contribution in [0.15, 0.2) is 33.5 Å². The minimum atomic E-state index is -0.342. The first-order valence-electron chi connectivity index (χ1n) is 4.29. The van der Waals surface area contributed by atoms with Gasteiger partial charge in [0.05, 0.1) is 12.5 Å². The summed E-state index contributed by atoms with van der Waals surface area (Å²) in [6.07, 6.45) is 0. The minimum Gasteiger partial charge on any atom is -0.496 e. The van der Waals surface area contributed by atoms with Crippen LogP contribution >= 0.6 is 0 Å². The second-order valence-corrected chi connectivity index (χ2v) is 3.13. The van der Waals surface area contributed by atoms with Crippen LogP contribution in [0.4, 0.5) is 0 Å². The fourth-order valence-corrected chi connectivity index (χ4v) is 1.44. The second kappa shape index (κ2) is 3.18. The normalized spacial score (nSPS) is 10.4. The van der Waals surface area contributed by atoms with Gasteiger partial charge in [-0.15, -0.1) is 0 Å². The topological polar surface area (TPSA) is 39.4 Å². The molecule has 0 aliphatic rings. The van der Waals surface area contributed by atoms with Gasteiger partial charge in [-0.3, -0.25) is 0 Å². The summed E-state index contributed by atoms with van der Waals surface area (Å²) in [5, 5.41) is 0.817. The van der Waals surface area contributed by atoms with Crippen LogP contribution in [0.2, 0.25) is 0 Å². The monoisotopic (exact) mass is 190 g/mol. The molecule has 0 saturated carbocycles. The molecule has 14 heavy (non-hydrogen) atoms. The van der Waals surface area contributed by atoms with Crippen molar-refractivity contribution < 1.29 is 9.15 Å². The van der Waals surface area contributed by atoms with Crippen molar-refractivity contribution in [2.24, 2.45) is 0 Å². The van der Waals surface area contributed by atoms with Gasteiger partial charge in [0, 0.05) is 6.07 Å². The summed E-state index contributed by atoms with van der Waals surface area (Å²) in [5.41, 5.74) is 1.23. The maximum atomic E-state index is 11.0. The number of hydrogen-bond acceptors (Lipinski definition) is 3. The van der Waals surface area contributed by atoms with E-state index >= 15 is 0 Å². The zero-order valence-corrected chi connectivity index (χ0v) is 8.03. The van der Waals surface area contributed by atoms with E-state index in [1.165, 1.54) is 6.07 Å². The lowest BCUT2D eigenvalue weighted by Gasteiger charge is -2.04. The molecule has 0 aliphatic carbocycles. The number of ether oxygens (including phenoxy) is 1. The molecule has 0 radical (unpaired) electrons. The van der Waals surface area contributed by atoms with Gasteiger partial charge in [-0.25, -0.2) is 4.79 Å². The Morgan fingerprint density at radius 1 is 1.29 bits per heavy atom. The zero-order valence-electron chi connectivity index (χ0n) is 8.03. The fraction of sp³-hybridized carbons (Fsp3) is 0.182. The molecule has 1 aromatic heterocycles. The average Bonchev–Trinajstić information content (AvgIpc) is 2.15. The van der Waals surface area contributed by atoms with Gasteiger partial charge in [0.2, 0.25) is 0 Å². The molecule has 1 heterocycles. The number of benzene rings is 1. The fourth-order valence-electron chi connectivity index (χ4n) is 1.44. The minimum absolute atomic E-state index is 0.342. The highest BCUT2D eigenvalue weighted by atomic mass is 16.5. The van der Waals surface area contributed by atoms with Crippen molar-refractivity contribution in [1.82, 2.24) is 0 Å². The molecule has 0 atom stereocenters. The molecule has 0 fully saturated rings. The molecule has 2 rings (SSSR count). The molecule has 3 heteroatoms. The van der Waals surface area contributed by atoms with Crippen LogP contribution in [0.3, 0.4) is 0 Å². The molecule has 72 valence electrons.